The summed E-state index contributed by atoms with van der Waals surface area (Å²) in [4.78, 5) is 24.2. The molecule has 1 aliphatic heterocycles. The molecule has 0 aromatic heterocycles. The normalized spacial score (nSPS) is 20.0. The van der Waals surface area contributed by atoms with Gasteiger partial charge in [0, 0.05) is 18.7 Å². The number of hydrazone groups is 1. The third-order valence-corrected chi connectivity index (χ3v) is 4.07. The van der Waals surface area contributed by atoms with Crippen molar-refractivity contribution >= 4 is 17.5 Å². The van der Waals surface area contributed by atoms with Crippen molar-refractivity contribution in [1.82, 2.24) is 10.3 Å². The second-order valence-corrected chi connectivity index (χ2v) is 6.86. The molecule has 0 saturated heterocycles. The molecule has 0 saturated carbocycles. The Bertz CT molecular complexity index is 720. The summed E-state index contributed by atoms with van der Waals surface area (Å²) in [7, 11) is 0. The number of aliphatic hydroxyl groups is 1. The van der Waals surface area contributed by atoms with Gasteiger partial charge in [-0.2, -0.15) is 23.3 Å². The van der Waals surface area contributed by atoms with Crippen LogP contribution < -0.4 is 5.32 Å². The van der Waals surface area contributed by atoms with E-state index >= 15 is 0 Å². The van der Waals surface area contributed by atoms with Gasteiger partial charge in [0.1, 0.15) is 0 Å². The SMILES string of the molecule is CC(C)CC1=NN(C(=O)C(=O)NCCc2ccccc2)[C@](O)(C(F)(F)F)C1. The first kappa shape index (κ1) is 20.9. The van der Waals surface area contributed by atoms with E-state index in [4.69, 9.17) is 0 Å². The van der Waals surface area contributed by atoms with E-state index in [2.05, 4.69) is 10.4 Å². The fraction of sp³-hybridized carbons (Fsp3) is 0.500. The smallest absolute Gasteiger partial charge is 0.362 e. The van der Waals surface area contributed by atoms with Gasteiger partial charge in [-0.1, -0.05) is 44.2 Å². The zero-order chi connectivity index (χ0) is 20.2. The van der Waals surface area contributed by atoms with Crippen LogP contribution in [0.2, 0.25) is 0 Å². The summed E-state index contributed by atoms with van der Waals surface area (Å²) < 4.78 is 40.1. The van der Waals surface area contributed by atoms with Crippen molar-refractivity contribution < 1.29 is 27.9 Å². The lowest BCUT2D eigenvalue weighted by atomic mass is 9.99. The van der Waals surface area contributed by atoms with E-state index < -0.39 is 30.1 Å². The lowest BCUT2D eigenvalue weighted by molar-refractivity contribution is -0.301. The Kier molecular flexibility index (Phi) is 6.25. The highest BCUT2D eigenvalue weighted by Crippen LogP contribution is 2.41. The molecule has 1 aromatic carbocycles. The highest BCUT2D eigenvalue weighted by molar-refractivity contribution is 6.35. The van der Waals surface area contributed by atoms with Crippen LogP contribution in [0.3, 0.4) is 0 Å². The molecule has 0 fully saturated rings. The summed E-state index contributed by atoms with van der Waals surface area (Å²) in [6.07, 6.45) is -5.42. The first-order valence-corrected chi connectivity index (χ1v) is 8.56. The molecule has 6 nitrogen and oxygen atoms in total. The number of rotatable bonds is 5. The Hall–Kier alpha value is -2.42. The number of nitrogens with zero attached hydrogens (tertiary/aromatic N) is 2. The summed E-state index contributed by atoms with van der Waals surface area (Å²) in [5.74, 6) is -2.80. The van der Waals surface area contributed by atoms with Gasteiger partial charge in [0.2, 0.25) is 0 Å². The van der Waals surface area contributed by atoms with Gasteiger partial charge in [-0.3, -0.25) is 9.59 Å². The molecule has 2 amide bonds. The standard InChI is InChI=1S/C18H22F3N3O3/c1-12(2)10-14-11-17(27,18(19,20)21)24(23-14)16(26)15(25)22-9-8-13-6-4-3-5-7-13/h3-7,12,27H,8-11H2,1-2H3,(H,22,25)/t17-/m1/s1. The molecule has 27 heavy (non-hydrogen) atoms. The number of benzene rings is 1. The molecule has 9 heteroatoms. The molecule has 1 heterocycles. The zero-order valence-corrected chi connectivity index (χ0v) is 15.1. The number of hydrogen-bond donors (Lipinski definition) is 2. The van der Waals surface area contributed by atoms with Gasteiger partial charge in [0.25, 0.3) is 5.72 Å². The molecule has 0 bridgehead atoms. The fourth-order valence-electron chi connectivity index (χ4n) is 2.77. The monoisotopic (exact) mass is 385 g/mol. The van der Waals surface area contributed by atoms with Crippen molar-refractivity contribution in [2.45, 2.75) is 45.0 Å². The van der Waals surface area contributed by atoms with Crippen LogP contribution in [0.4, 0.5) is 13.2 Å². The van der Waals surface area contributed by atoms with Crippen molar-refractivity contribution in [3.05, 3.63) is 35.9 Å². The highest BCUT2D eigenvalue weighted by Gasteiger charge is 2.63. The fourth-order valence-corrected chi connectivity index (χ4v) is 2.77. The van der Waals surface area contributed by atoms with Crippen molar-refractivity contribution in [3.63, 3.8) is 0 Å². The van der Waals surface area contributed by atoms with E-state index in [1.807, 2.05) is 18.2 Å². The average Bonchev–Trinajstić information content (AvgIpc) is 2.91. The molecule has 1 atom stereocenters. The molecule has 1 aromatic rings. The number of alkyl halides is 3. The largest absolute Gasteiger partial charge is 0.438 e. The minimum atomic E-state index is -5.14. The van der Waals surface area contributed by atoms with Gasteiger partial charge in [0.05, 0.1) is 0 Å². The third-order valence-electron chi connectivity index (χ3n) is 4.07. The summed E-state index contributed by atoms with van der Waals surface area (Å²) in [6, 6.07) is 9.07. The molecule has 148 valence electrons. The Labute approximate surface area is 155 Å². The van der Waals surface area contributed by atoms with E-state index in [-0.39, 0.29) is 29.6 Å². The second kappa shape index (κ2) is 8.08. The van der Waals surface area contributed by atoms with Crippen LogP contribution in [-0.2, 0) is 16.0 Å². The number of amides is 2. The van der Waals surface area contributed by atoms with Crippen LogP contribution in [0.1, 0.15) is 32.3 Å². The highest BCUT2D eigenvalue weighted by atomic mass is 19.4. The second-order valence-electron chi connectivity index (χ2n) is 6.86. The average molecular weight is 385 g/mol. The van der Waals surface area contributed by atoms with Gasteiger partial charge in [-0.25, -0.2) is 0 Å². The Morgan fingerprint density at radius 2 is 1.93 bits per heavy atom. The van der Waals surface area contributed by atoms with Crippen molar-refractivity contribution in [2.24, 2.45) is 11.0 Å². The third kappa shape index (κ3) is 4.85. The first-order valence-electron chi connectivity index (χ1n) is 8.56. The summed E-state index contributed by atoms with van der Waals surface area (Å²) in [5.41, 5.74) is -2.59. The van der Waals surface area contributed by atoms with Crippen LogP contribution in [0, 0.1) is 5.92 Å². The van der Waals surface area contributed by atoms with Gasteiger partial charge >= 0.3 is 18.0 Å². The van der Waals surface area contributed by atoms with Crippen LogP contribution in [0.15, 0.2) is 35.4 Å². The lowest BCUT2D eigenvalue weighted by Gasteiger charge is -2.32. The predicted molar refractivity (Wildman–Crippen MR) is 92.5 cm³/mol. The number of hydrogen-bond acceptors (Lipinski definition) is 4. The maximum absolute atomic E-state index is 13.4. The molecule has 2 rings (SSSR count). The first-order chi connectivity index (χ1) is 12.5. The van der Waals surface area contributed by atoms with E-state index in [1.54, 1.807) is 26.0 Å². The molecule has 0 aliphatic carbocycles. The van der Waals surface area contributed by atoms with Gasteiger partial charge < -0.3 is 10.4 Å². The summed E-state index contributed by atoms with van der Waals surface area (Å²) >= 11 is 0. The van der Waals surface area contributed by atoms with Crippen molar-refractivity contribution in [1.29, 1.82) is 0 Å². The number of halogens is 3. The van der Waals surface area contributed by atoms with Gasteiger partial charge in [-0.05, 0) is 24.3 Å². The molecule has 0 unspecified atom stereocenters. The topological polar surface area (TPSA) is 82.0 Å². The number of nitrogens with one attached hydrogen (secondary N) is 1. The lowest BCUT2D eigenvalue weighted by Crippen LogP contribution is -2.59. The van der Waals surface area contributed by atoms with Crippen molar-refractivity contribution in [3.8, 4) is 0 Å². The summed E-state index contributed by atoms with van der Waals surface area (Å²) in [5, 5.41) is 15.8. The van der Waals surface area contributed by atoms with E-state index in [0.717, 1.165) is 5.56 Å². The van der Waals surface area contributed by atoms with E-state index in [1.165, 1.54) is 0 Å². The zero-order valence-electron chi connectivity index (χ0n) is 15.1. The van der Waals surface area contributed by atoms with Crippen LogP contribution in [0.25, 0.3) is 0 Å². The van der Waals surface area contributed by atoms with Crippen LogP contribution in [-0.4, -0.2) is 46.1 Å². The Morgan fingerprint density at radius 3 is 2.48 bits per heavy atom. The van der Waals surface area contributed by atoms with Crippen LogP contribution >= 0.6 is 0 Å². The summed E-state index contributed by atoms with van der Waals surface area (Å²) in [6.45, 7) is 3.61. The van der Waals surface area contributed by atoms with Gasteiger partial charge in [0.15, 0.2) is 0 Å². The maximum Gasteiger partial charge on any atom is 0.438 e. The van der Waals surface area contributed by atoms with Crippen molar-refractivity contribution in [2.75, 3.05) is 6.54 Å². The van der Waals surface area contributed by atoms with Gasteiger partial charge in [-0.15, -0.1) is 0 Å². The van der Waals surface area contributed by atoms with E-state index in [9.17, 15) is 27.9 Å². The minimum Gasteiger partial charge on any atom is -0.362 e. The molecule has 1 aliphatic rings. The molecular weight excluding hydrogens is 363 g/mol. The van der Waals surface area contributed by atoms with Crippen LogP contribution in [0.5, 0.6) is 0 Å². The molecule has 0 radical (unpaired) electrons. The molecular formula is C18H22F3N3O3. The number of carbonyl (C=O) groups excluding carboxylic acids is 2. The maximum atomic E-state index is 13.4. The van der Waals surface area contributed by atoms with E-state index in [0.29, 0.717) is 6.42 Å². The Balaban J connectivity index is 2.07. The molecule has 2 N–H and O–H groups in total. The number of carbonyl (C=O) groups is 2. The Morgan fingerprint density at radius 1 is 1.30 bits per heavy atom. The minimum absolute atomic E-state index is 0.0176. The quantitative estimate of drug-likeness (QED) is 0.763. The predicted octanol–water partition coefficient (Wildman–Crippen LogP) is 2.23. The molecule has 0 spiro atoms.